The van der Waals surface area contributed by atoms with E-state index in [1.807, 2.05) is 24.3 Å². The molecule has 0 saturated heterocycles. The van der Waals surface area contributed by atoms with Gasteiger partial charge in [-0.25, -0.2) is 0 Å². The Kier molecular flexibility index (Phi) is 5.36. The van der Waals surface area contributed by atoms with Gasteiger partial charge in [-0.2, -0.15) is 0 Å². The molecule has 104 valence electrons. The third-order valence-corrected chi connectivity index (χ3v) is 3.31. The standard InChI is InChI=1S/C15H21NO3/c1-18-9-5-4-8-16-10-12-11-19-14-7-3-2-6-13(14)15(12)17/h2-3,6-7,12,16H,4-5,8-11H2,1H3. The smallest absolute Gasteiger partial charge is 0.174 e. The number of unbranched alkanes of at least 4 members (excludes halogenated alkanes) is 1. The van der Waals surface area contributed by atoms with Crippen LogP contribution in [0.1, 0.15) is 23.2 Å². The van der Waals surface area contributed by atoms with Crippen LogP contribution in [0.2, 0.25) is 0 Å². The molecule has 1 N–H and O–H groups in total. The SMILES string of the molecule is COCCCCNCC1COc2ccccc2C1=O. The van der Waals surface area contributed by atoms with E-state index >= 15 is 0 Å². The second kappa shape index (κ2) is 7.26. The maximum absolute atomic E-state index is 12.2. The van der Waals surface area contributed by atoms with Crippen LogP contribution in [0.25, 0.3) is 0 Å². The molecule has 1 aliphatic rings. The molecular weight excluding hydrogens is 242 g/mol. The molecule has 0 fully saturated rings. The van der Waals surface area contributed by atoms with Gasteiger partial charge in [0.25, 0.3) is 0 Å². The number of ether oxygens (including phenoxy) is 2. The summed E-state index contributed by atoms with van der Waals surface area (Å²) in [7, 11) is 1.71. The highest BCUT2D eigenvalue weighted by Gasteiger charge is 2.27. The van der Waals surface area contributed by atoms with Crippen molar-refractivity contribution >= 4 is 5.78 Å². The number of hydrogen-bond donors (Lipinski definition) is 1. The van der Waals surface area contributed by atoms with E-state index in [1.165, 1.54) is 0 Å². The van der Waals surface area contributed by atoms with Gasteiger partial charge >= 0.3 is 0 Å². The number of nitrogens with one attached hydrogen (secondary N) is 1. The number of hydrogen-bond acceptors (Lipinski definition) is 4. The summed E-state index contributed by atoms with van der Waals surface area (Å²) in [6.45, 7) is 2.86. The molecule has 4 heteroatoms. The van der Waals surface area contributed by atoms with Crippen molar-refractivity contribution < 1.29 is 14.3 Å². The maximum atomic E-state index is 12.2. The summed E-state index contributed by atoms with van der Waals surface area (Å²) in [6, 6.07) is 7.45. The van der Waals surface area contributed by atoms with Gasteiger partial charge in [0.1, 0.15) is 5.75 Å². The average molecular weight is 263 g/mol. The van der Waals surface area contributed by atoms with E-state index in [4.69, 9.17) is 9.47 Å². The van der Waals surface area contributed by atoms with E-state index in [1.54, 1.807) is 7.11 Å². The summed E-state index contributed by atoms with van der Waals surface area (Å²) < 4.78 is 10.6. The lowest BCUT2D eigenvalue weighted by atomic mass is 9.95. The number of para-hydroxylation sites is 1. The first-order valence-corrected chi connectivity index (χ1v) is 6.78. The molecule has 2 rings (SSSR count). The van der Waals surface area contributed by atoms with Crippen LogP contribution in [0.4, 0.5) is 0 Å². The van der Waals surface area contributed by atoms with E-state index in [-0.39, 0.29) is 11.7 Å². The molecule has 1 unspecified atom stereocenters. The zero-order valence-electron chi connectivity index (χ0n) is 11.4. The summed E-state index contributed by atoms with van der Waals surface area (Å²) in [5.41, 5.74) is 0.708. The van der Waals surface area contributed by atoms with Crippen molar-refractivity contribution in [3.05, 3.63) is 29.8 Å². The van der Waals surface area contributed by atoms with Gasteiger partial charge in [-0.1, -0.05) is 12.1 Å². The topological polar surface area (TPSA) is 47.6 Å². The molecule has 4 nitrogen and oxygen atoms in total. The quantitative estimate of drug-likeness (QED) is 0.763. The van der Waals surface area contributed by atoms with Gasteiger partial charge in [-0.15, -0.1) is 0 Å². The first-order valence-electron chi connectivity index (χ1n) is 6.78. The predicted octanol–water partition coefficient (Wildman–Crippen LogP) is 1.89. The second-order valence-corrected chi connectivity index (χ2v) is 4.77. The van der Waals surface area contributed by atoms with Crippen molar-refractivity contribution in [1.82, 2.24) is 5.32 Å². The third kappa shape index (κ3) is 3.78. The van der Waals surface area contributed by atoms with Crippen molar-refractivity contribution in [2.24, 2.45) is 5.92 Å². The van der Waals surface area contributed by atoms with Crippen LogP contribution >= 0.6 is 0 Å². The Hall–Kier alpha value is -1.39. The van der Waals surface area contributed by atoms with Crippen molar-refractivity contribution in [3.63, 3.8) is 0 Å². The minimum atomic E-state index is -0.0719. The van der Waals surface area contributed by atoms with Crippen LogP contribution < -0.4 is 10.1 Å². The van der Waals surface area contributed by atoms with Crippen LogP contribution in [0.3, 0.4) is 0 Å². The number of Topliss-reactive ketones (excluding diaryl/α,β-unsaturated/α-hetero) is 1. The molecule has 1 aromatic carbocycles. The molecule has 1 aromatic rings. The van der Waals surface area contributed by atoms with Crippen LogP contribution in [0, 0.1) is 5.92 Å². The van der Waals surface area contributed by atoms with Gasteiger partial charge in [0, 0.05) is 20.3 Å². The number of benzene rings is 1. The lowest BCUT2D eigenvalue weighted by Gasteiger charge is -2.24. The fourth-order valence-electron chi connectivity index (χ4n) is 2.21. The number of methoxy groups -OCH3 is 1. The highest BCUT2D eigenvalue weighted by Crippen LogP contribution is 2.26. The molecule has 1 aliphatic heterocycles. The van der Waals surface area contributed by atoms with Gasteiger partial charge in [-0.05, 0) is 31.5 Å². The molecule has 0 amide bonds. The second-order valence-electron chi connectivity index (χ2n) is 4.77. The van der Waals surface area contributed by atoms with Crippen molar-refractivity contribution in [2.45, 2.75) is 12.8 Å². The minimum Gasteiger partial charge on any atom is -0.492 e. The van der Waals surface area contributed by atoms with Gasteiger partial charge in [0.2, 0.25) is 0 Å². The zero-order chi connectivity index (χ0) is 13.5. The Bertz CT molecular complexity index is 420. The van der Waals surface area contributed by atoms with Crippen LogP contribution in [0.5, 0.6) is 5.75 Å². The number of ketones is 1. The number of fused-ring (bicyclic) bond motifs is 1. The highest BCUT2D eigenvalue weighted by molar-refractivity contribution is 6.01. The zero-order valence-corrected chi connectivity index (χ0v) is 11.4. The van der Waals surface area contributed by atoms with Gasteiger partial charge < -0.3 is 14.8 Å². The van der Waals surface area contributed by atoms with Crippen LogP contribution in [-0.2, 0) is 4.74 Å². The first-order chi connectivity index (χ1) is 9.33. The van der Waals surface area contributed by atoms with E-state index < -0.39 is 0 Å². The summed E-state index contributed by atoms with van der Waals surface area (Å²) in [4.78, 5) is 12.2. The molecule has 19 heavy (non-hydrogen) atoms. The minimum absolute atomic E-state index is 0.0719. The summed E-state index contributed by atoms with van der Waals surface area (Å²) in [5.74, 6) is 0.826. The van der Waals surface area contributed by atoms with E-state index in [0.717, 1.165) is 26.0 Å². The average Bonchev–Trinajstić information content (AvgIpc) is 2.45. The molecule has 0 radical (unpaired) electrons. The Morgan fingerprint density at radius 2 is 2.21 bits per heavy atom. The van der Waals surface area contributed by atoms with Crippen molar-refractivity contribution in [2.75, 3.05) is 33.4 Å². The largest absolute Gasteiger partial charge is 0.492 e. The molecule has 0 bridgehead atoms. The Morgan fingerprint density at radius 1 is 1.37 bits per heavy atom. The Morgan fingerprint density at radius 3 is 3.05 bits per heavy atom. The Balaban J connectivity index is 1.76. The fourth-order valence-corrected chi connectivity index (χ4v) is 2.21. The molecule has 1 atom stereocenters. The first kappa shape index (κ1) is 14.0. The predicted molar refractivity (Wildman–Crippen MR) is 73.7 cm³/mol. The van der Waals surface area contributed by atoms with Gasteiger partial charge in [-0.3, -0.25) is 4.79 Å². The number of rotatable bonds is 7. The van der Waals surface area contributed by atoms with Gasteiger partial charge in [0.05, 0.1) is 18.1 Å². The molecule has 0 aromatic heterocycles. The fraction of sp³-hybridized carbons (Fsp3) is 0.533. The van der Waals surface area contributed by atoms with Crippen LogP contribution in [-0.4, -0.2) is 39.2 Å². The summed E-state index contributed by atoms with van der Waals surface area (Å²) in [6.07, 6.45) is 2.10. The lowest BCUT2D eigenvalue weighted by Crippen LogP contribution is -2.36. The highest BCUT2D eigenvalue weighted by atomic mass is 16.5. The monoisotopic (exact) mass is 263 g/mol. The molecule has 0 saturated carbocycles. The normalized spacial score (nSPS) is 17.9. The van der Waals surface area contributed by atoms with E-state index in [0.29, 0.717) is 24.5 Å². The number of carbonyl (C=O) groups is 1. The van der Waals surface area contributed by atoms with Crippen LogP contribution in [0.15, 0.2) is 24.3 Å². The molecular formula is C15H21NO3. The Labute approximate surface area is 114 Å². The lowest BCUT2D eigenvalue weighted by molar-refractivity contribution is 0.0829. The third-order valence-electron chi connectivity index (χ3n) is 3.31. The molecule has 0 aliphatic carbocycles. The number of carbonyl (C=O) groups excluding carboxylic acids is 1. The van der Waals surface area contributed by atoms with Crippen molar-refractivity contribution in [3.8, 4) is 5.75 Å². The molecule has 0 spiro atoms. The van der Waals surface area contributed by atoms with Gasteiger partial charge in [0.15, 0.2) is 5.78 Å². The maximum Gasteiger partial charge on any atom is 0.174 e. The van der Waals surface area contributed by atoms with E-state index in [2.05, 4.69) is 5.32 Å². The van der Waals surface area contributed by atoms with E-state index in [9.17, 15) is 4.79 Å². The van der Waals surface area contributed by atoms with Crippen molar-refractivity contribution in [1.29, 1.82) is 0 Å². The summed E-state index contributed by atoms with van der Waals surface area (Å²) >= 11 is 0. The molecule has 1 heterocycles. The summed E-state index contributed by atoms with van der Waals surface area (Å²) in [5, 5.41) is 3.32.